The summed E-state index contributed by atoms with van der Waals surface area (Å²) in [7, 11) is -2.06. The summed E-state index contributed by atoms with van der Waals surface area (Å²) in [6, 6.07) is 8.39. The maximum absolute atomic E-state index is 13.0. The fourth-order valence-corrected chi connectivity index (χ4v) is 4.30. The monoisotopic (exact) mass is 418 g/mol. The van der Waals surface area contributed by atoms with Gasteiger partial charge in [0.1, 0.15) is 9.84 Å². The number of carbonyl (C=O) groups is 2. The second-order valence-corrected chi connectivity index (χ2v) is 8.89. The van der Waals surface area contributed by atoms with Crippen LogP contribution in [0.1, 0.15) is 39.2 Å². The van der Waals surface area contributed by atoms with Gasteiger partial charge >= 0.3 is 0 Å². The van der Waals surface area contributed by atoms with E-state index >= 15 is 0 Å². The first kappa shape index (κ1) is 20.7. The van der Waals surface area contributed by atoms with Crippen molar-refractivity contribution in [2.75, 3.05) is 31.5 Å². The minimum Gasteiger partial charge on any atom is -0.493 e. The molecule has 0 spiro atoms. The number of imide groups is 1. The van der Waals surface area contributed by atoms with E-state index in [4.69, 9.17) is 15.2 Å². The molecule has 154 valence electrons. The van der Waals surface area contributed by atoms with Crippen molar-refractivity contribution >= 4 is 27.3 Å². The molecule has 2 aromatic rings. The summed E-state index contributed by atoms with van der Waals surface area (Å²) in [6.45, 7) is 2.16. The highest BCUT2D eigenvalue weighted by atomic mass is 32.2. The lowest BCUT2D eigenvalue weighted by Gasteiger charge is -2.26. The van der Waals surface area contributed by atoms with Crippen LogP contribution >= 0.6 is 0 Å². The molecule has 1 aliphatic rings. The van der Waals surface area contributed by atoms with Gasteiger partial charge in [0.25, 0.3) is 11.8 Å². The Bertz CT molecular complexity index is 1080. The first-order chi connectivity index (χ1) is 13.7. The average Bonchev–Trinajstić information content (AvgIpc) is 2.91. The quantitative estimate of drug-likeness (QED) is 0.540. The van der Waals surface area contributed by atoms with Crippen molar-refractivity contribution in [1.29, 1.82) is 0 Å². The Morgan fingerprint density at radius 2 is 1.83 bits per heavy atom. The molecule has 1 heterocycles. The van der Waals surface area contributed by atoms with Crippen LogP contribution in [0.15, 0.2) is 36.4 Å². The number of methoxy groups -OCH3 is 1. The lowest BCUT2D eigenvalue weighted by atomic mass is 10.1. The number of carbonyl (C=O) groups excluding carboxylic acids is 2. The van der Waals surface area contributed by atoms with Crippen molar-refractivity contribution in [1.82, 2.24) is 4.90 Å². The van der Waals surface area contributed by atoms with E-state index in [1.807, 2.05) is 0 Å². The number of rotatable bonds is 7. The minimum absolute atomic E-state index is 0.0922. The van der Waals surface area contributed by atoms with Crippen LogP contribution in [-0.2, 0) is 9.84 Å². The molecule has 29 heavy (non-hydrogen) atoms. The lowest BCUT2D eigenvalue weighted by molar-refractivity contribution is 0.0598. The number of hydrogen-bond donors (Lipinski definition) is 1. The van der Waals surface area contributed by atoms with Gasteiger partial charge in [0.15, 0.2) is 11.5 Å². The van der Waals surface area contributed by atoms with Crippen LogP contribution in [0.2, 0.25) is 0 Å². The Labute approximate surface area is 169 Å². The predicted octanol–water partition coefficient (Wildman–Crippen LogP) is 2.06. The number of nitrogens with two attached hydrogens (primary N) is 1. The third-order valence-electron chi connectivity index (χ3n) is 4.62. The van der Waals surface area contributed by atoms with Crippen LogP contribution < -0.4 is 15.2 Å². The van der Waals surface area contributed by atoms with Crippen molar-refractivity contribution in [3.8, 4) is 11.5 Å². The zero-order valence-corrected chi connectivity index (χ0v) is 17.2. The third kappa shape index (κ3) is 3.91. The van der Waals surface area contributed by atoms with Gasteiger partial charge in [0.2, 0.25) is 0 Å². The van der Waals surface area contributed by atoms with Crippen molar-refractivity contribution in [2.24, 2.45) is 0 Å². The standard InChI is InChI=1S/C20H22N2O6S/c1-4-28-17-10-12(8-9-16(17)27-2)15(11-29(3,25)26)22-19(23)13-6-5-7-14(21)18(13)20(22)24/h5-10,15H,4,11,21H2,1-3H3/t15-/m0/s1. The molecule has 0 saturated heterocycles. The molecule has 9 heteroatoms. The van der Waals surface area contributed by atoms with Gasteiger partial charge in [-0.1, -0.05) is 12.1 Å². The molecule has 0 bridgehead atoms. The fourth-order valence-electron chi connectivity index (χ4n) is 3.39. The maximum atomic E-state index is 13.0. The Balaban J connectivity index is 2.13. The number of hydrogen-bond acceptors (Lipinski definition) is 7. The molecule has 2 amide bonds. The maximum Gasteiger partial charge on any atom is 0.264 e. The summed E-state index contributed by atoms with van der Waals surface area (Å²) in [6.07, 6.45) is 1.06. The Morgan fingerprint density at radius 3 is 2.41 bits per heavy atom. The first-order valence-corrected chi connectivity index (χ1v) is 11.0. The highest BCUT2D eigenvalue weighted by Gasteiger charge is 2.43. The van der Waals surface area contributed by atoms with E-state index in [1.165, 1.54) is 19.2 Å². The normalized spacial score (nSPS) is 14.7. The van der Waals surface area contributed by atoms with Crippen LogP contribution in [0.5, 0.6) is 11.5 Å². The van der Waals surface area contributed by atoms with Crippen LogP contribution in [0.4, 0.5) is 5.69 Å². The second-order valence-electron chi connectivity index (χ2n) is 6.70. The molecule has 0 saturated carbocycles. The van der Waals surface area contributed by atoms with Gasteiger partial charge < -0.3 is 15.2 Å². The summed E-state index contributed by atoms with van der Waals surface area (Å²) < 4.78 is 35.1. The lowest BCUT2D eigenvalue weighted by Crippen LogP contribution is -2.37. The molecule has 0 aromatic heterocycles. The molecule has 2 N–H and O–H groups in total. The van der Waals surface area contributed by atoms with E-state index in [2.05, 4.69) is 0 Å². The van der Waals surface area contributed by atoms with Gasteiger partial charge in [-0.3, -0.25) is 14.5 Å². The van der Waals surface area contributed by atoms with Crippen molar-refractivity contribution in [3.05, 3.63) is 53.1 Å². The molecular formula is C20H22N2O6S. The number of nitrogens with zero attached hydrogens (tertiary/aromatic N) is 1. The molecule has 2 aromatic carbocycles. The van der Waals surface area contributed by atoms with Crippen LogP contribution in [-0.4, -0.2) is 50.9 Å². The van der Waals surface area contributed by atoms with Crippen LogP contribution in [0, 0.1) is 0 Å². The van der Waals surface area contributed by atoms with Gasteiger partial charge in [-0.15, -0.1) is 0 Å². The van der Waals surface area contributed by atoms with Crippen molar-refractivity contribution in [3.63, 3.8) is 0 Å². The largest absolute Gasteiger partial charge is 0.493 e. The summed E-state index contributed by atoms with van der Waals surface area (Å²) in [4.78, 5) is 27.0. The van der Waals surface area contributed by atoms with Gasteiger partial charge in [0, 0.05) is 11.9 Å². The molecule has 0 unspecified atom stereocenters. The van der Waals surface area contributed by atoms with Crippen LogP contribution in [0.3, 0.4) is 0 Å². The number of benzene rings is 2. The molecule has 8 nitrogen and oxygen atoms in total. The highest BCUT2D eigenvalue weighted by molar-refractivity contribution is 7.90. The van der Waals surface area contributed by atoms with E-state index in [9.17, 15) is 18.0 Å². The average molecular weight is 418 g/mol. The Kier molecular flexibility index (Phi) is 5.52. The van der Waals surface area contributed by atoms with Crippen molar-refractivity contribution in [2.45, 2.75) is 13.0 Å². The number of amides is 2. The zero-order valence-electron chi connectivity index (χ0n) is 16.3. The summed E-state index contributed by atoms with van der Waals surface area (Å²) in [5.74, 6) is -0.788. The molecule has 0 radical (unpaired) electrons. The minimum atomic E-state index is -3.54. The van der Waals surface area contributed by atoms with Crippen LogP contribution in [0.25, 0.3) is 0 Å². The van der Waals surface area contributed by atoms with E-state index in [0.717, 1.165) is 11.2 Å². The number of ether oxygens (including phenoxy) is 2. The Morgan fingerprint density at radius 1 is 1.10 bits per heavy atom. The molecule has 1 aliphatic heterocycles. The summed E-state index contributed by atoms with van der Waals surface area (Å²) in [5, 5.41) is 0. The number of nitrogen functional groups attached to an aromatic ring is 1. The van der Waals surface area contributed by atoms with E-state index < -0.39 is 33.4 Å². The van der Waals surface area contributed by atoms with E-state index in [1.54, 1.807) is 31.2 Å². The third-order valence-corrected chi connectivity index (χ3v) is 5.54. The highest BCUT2D eigenvalue weighted by Crippen LogP contribution is 2.37. The van der Waals surface area contributed by atoms with Gasteiger partial charge in [0.05, 0.1) is 36.6 Å². The second kappa shape index (κ2) is 7.75. The molecular weight excluding hydrogens is 396 g/mol. The van der Waals surface area contributed by atoms with Crippen molar-refractivity contribution < 1.29 is 27.5 Å². The predicted molar refractivity (Wildman–Crippen MR) is 108 cm³/mol. The molecule has 0 aliphatic carbocycles. The van der Waals surface area contributed by atoms with E-state index in [-0.39, 0.29) is 16.8 Å². The van der Waals surface area contributed by atoms with Gasteiger partial charge in [-0.2, -0.15) is 0 Å². The fraction of sp³-hybridized carbons (Fsp3) is 0.300. The SMILES string of the molecule is CCOc1cc([C@H](CS(C)(=O)=O)N2C(=O)c3cccc(N)c3C2=O)ccc1OC. The van der Waals surface area contributed by atoms with Gasteiger partial charge in [-0.05, 0) is 36.8 Å². The molecule has 1 atom stereocenters. The topological polar surface area (TPSA) is 116 Å². The van der Waals surface area contributed by atoms with E-state index in [0.29, 0.717) is 23.7 Å². The molecule has 0 fully saturated rings. The Hall–Kier alpha value is -3.07. The van der Waals surface area contributed by atoms with Gasteiger partial charge in [-0.25, -0.2) is 8.42 Å². The number of sulfone groups is 1. The number of anilines is 1. The zero-order chi connectivity index (χ0) is 21.3. The smallest absolute Gasteiger partial charge is 0.264 e. The first-order valence-electron chi connectivity index (χ1n) is 8.92. The summed E-state index contributed by atoms with van der Waals surface area (Å²) in [5.41, 5.74) is 6.76. The molecule has 3 rings (SSSR count). The number of fused-ring (bicyclic) bond motifs is 1. The summed E-state index contributed by atoms with van der Waals surface area (Å²) >= 11 is 0.